The number of hydrogen-bond donors (Lipinski definition) is 1. The highest BCUT2D eigenvalue weighted by Crippen LogP contribution is 2.17. The van der Waals surface area contributed by atoms with Crippen LogP contribution >= 0.6 is 0 Å². The van der Waals surface area contributed by atoms with E-state index in [1.165, 1.54) is 0 Å². The lowest BCUT2D eigenvalue weighted by Gasteiger charge is -2.06. The first-order valence-electron chi connectivity index (χ1n) is 5.97. The van der Waals surface area contributed by atoms with Crippen LogP contribution in [0.5, 0.6) is 0 Å². The van der Waals surface area contributed by atoms with Gasteiger partial charge in [-0.1, -0.05) is 12.1 Å². The van der Waals surface area contributed by atoms with E-state index >= 15 is 0 Å². The Labute approximate surface area is 105 Å². The van der Waals surface area contributed by atoms with Gasteiger partial charge in [-0.25, -0.2) is 4.98 Å². The Morgan fingerprint density at radius 3 is 2.89 bits per heavy atom. The van der Waals surface area contributed by atoms with Gasteiger partial charge in [0.1, 0.15) is 0 Å². The lowest BCUT2D eigenvalue weighted by atomic mass is 10.3. The number of aromatic nitrogens is 4. The number of nitrogens with one attached hydrogen (secondary N) is 1. The molecule has 0 aliphatic carbocycles. The summed E-state index contributed by atoms with van der Waals surface area (Å²) in [4.78, 5) is 4.55. The van der Waals surface area contributed by atoms with Gasteiger partial charge in [-0.05, 0) is 18.2 Å². The molecule has 0 aliphatic heterocycles. The molecule has 0 unspecified atom stereocenters. The van der Waals surface area contributed by atoms with E-state index in [9.17, 15) is 0 Å². The summed E-state index contributed by atoms with van der Waals surface area (Å²) >= 11 is 0. The number of benzene rings is 1. The second-order valence-electron chi connectivity index (χ2n) is 4.18. The molecule has 0 aliphatic rings. The van der Waals surface area contributed by atoms with Crippen LogP contribution in [0.1, 0.15) is 0 Å². The molecule has 0 saturated carbocycles. The van der Waals surface area contributed by atoms with E-state index in [1.807, 2.05) is 42.2 Å². The van der Waals surface area contributed by atoms with Crippen LogP contribution in [0.3, 0.4) is 0 Å². The summed E-state index contributed by atoms with van der Waals surface area (Å²) in [5.41, 5.74) is 2.15. The number of imidazole rings is 1. The average molecular weight is 241 g/mol. The Hall–Kier alpha value is -2.30. The van der Waals surface area contributed by atoms with Gasteiger partial charge in [0.05, 0.1) is 17.6 Å². The standard InChI is InChI=1S/C13H15N5/c1-17-12-6-3-2-5-11(12)16-13(17)14-8-10-18-9-4-7-15-18/h2-7,9H,8,10H2,1H3,(H,14,16). The molecule has 0 atom stereocenters. The van der Waals surface area contributed by atoms with Gasteiger partial charge in [0.25, 0.3) is 0 Å². The van der Waals surface area contributed by atoms with E-state index in [0.717, 1.165) is 30.1 Å². The summed E-state index contributed by atoms with van der Waals surface area (Å²) in [7, 11) is 2.02. The minimum atomic E-state index is 0.804. The second-order valence-corrected chi connectivity index (χ2v) is 4.18. The first-order chi connectivity index (χ1) is 8.84. The van der Waals surface area contributed by atoms with Gasteiger partial charge in [0.15, 0.2) is 0 Å². The van der Waals surface area contributed by atoms with Crippen molar-refractivity contribution >= 4 is 17.0 Å². The van der Waals surface area contributed by atoms with Gasteiger partial charge in [-0.2, -0.15) is 5.10 Å². The fourth-order valence-electron chi connectivity index (χ4n) is 2.02. The highest BCUT2D eigenvalue weighted by molar-refractivity contribution is 5.78. The summed E-state index contributed by atoms with van der Waals surface area (Å²) in [6.45, 7) is 1.63. The van der Waals surface area contributed by atoms with Crippen LogP contribution in [0.25, 0.3) is 11.0 Å². The Kier molecular flexibility index (Phi) is 2.72. The van der Waals surface area contributed by atoms with Gasteiger partial charge in [-0.3, -0.25) is 4.68 Å². The SMILES string of the molecule is Cn1c(NCCn2cccn2)nc2ccccc21. The van der Waals surface area contributed by atoms with E-state index in [4.69, 9.17) is 0 Å². The van der Waals surface area contributed by atoms with Gasteiger partial charge in [-0.15, -0.1) is 0 Å². The summed E-state index contributed by atoms with van der Waals surface area (Å²) < 4.78 is 3.97. The third-order valence-electron chi connectivity index (χ3n) is 2.97. The quantitative estimate of drug-likeness (QED) is 0.758. The predicted molar refractivity (Wildman–Crippen MR) is 71.4 cm³/mol. The minimum absolute atomic E-state index is 0.804. The van der Waals surface area contributed by atoms with E-state index < -0.39 is 0 Å². The lowest BCUT2D eigenvalue weighted by molar-refractivity contribution is 0.635. The molecule has 2 heterocycles. The molecule has 3 rings (SSSR count). The molecule has 0 saturated heterocycles. The van der Waals surface area contributed by atoms with Crippen molar-refractivity contribution in [2.24, 2.45) is 7.05 Å². The molecule has 0 spiro atoms. The Balaban J connectivity index is 1.73. The third-order valence-corrected chi connectivity index (χ3v) is 2.97. The van der Waals surface area contributed by atoms with Crippen molar-refractivity contribution in [2.75, 3.05) is 11.9 Å². The molecule has 5 heteroatoms. The first-order valence-corrected chi connectivity index (χ1v) is 5.97. The van der Waals surface area contributed by atoms with Gasteiger partial charge < -0.3 is 9.88 Å². The van der Waals surface area contributed by atoms with Gasteiger partial charge in [0, 0.05) is 26.0 Å². The fraction of sp³-hybridized carbons (Fsp3) is 0.231. The number of anilines is 1. The smallest absolute Gasteiger partial charge is 0.203 e. The van der Waals surface area contributed by atoms with Crippen LogP contribution in [0.4, 0.5) is 5.95 Å². The predicted octanol–water partition coefficient (Wildman–Crippen LogP) is 1.88. The summed E-state index contributed by atoms with van der Waals surface area (Å²) in [5.74, 6) is 0.892. The lowest BCUT2D eigenvalue weighted by Crippen LogP contribution is -2.13. The average Bonchev–Trinajstić information content (AvgIpc) is 3.00. The maximum absolute atomic E-state index is 4.55. The molecule has 5 nitrogen and oxygen atoms in total. The monoisotopic (exact) mass is 241 g/mol. The van der Waals surface area contributed by atoms with E-state index in [2.05, 4.69) is 26.0 Å². The number of para-hydroxylation sites is 2. The molecular weight excluding hydrogens is 226 g/mol. The molecule has 0 bridgehead atoms. The number of rotatable bonds is 4. The van der Waals surface area contributed by atoms with E-state index in [1.54, 1.807) is 6.20 Å². The van der Waals surface area contributed by atoms with Crippen molar-refractivity contribution in [3.8, 4) is 0 Å². The topological polar surface area (TPSA) is 47.7 Å². The summed E-state index contributed by atoms with van der Waals surface area (Å²) in [6.07, 6.45) is 3.74. The maximum Gasteiger partial charge on any atom is 0.203 e. The molecule has 1 aromatic carbocycles. The molecule has 18 heavy (non-hydrogen) atoms. The number of hydrogen-bond acceptors (Lipinski definition) is 3. The molecule has 3 aromatic rings. The molecule has 92 valence electrons. The maximum atomic E-state index is 4.55. The van der Waals surface area contributed by atoms with Crippen molar-refractivity contribution < 1.29 is 0 Å². The Morgan fingerprint density at radius 2 is 2.11 bits per heavy atom. The number of nitrogens with zero attached hydrogens (tertiary/aromatic N) is 4. The van der Waals surface area contributed by atoms with Gasteiger partial charge in [0.2, 0.25) is 5.95 Å². The van der Waals surface area contributed by atoms with Gasteiger partial charge >= 0.3 is 0 Å². The fourth-order valence-corrected chi connectivity index (χ4v) is 2.02. The van der Waals surface area contributed by atoms with E-state index in [-0.39, 0.29) is 0 Å². The molecule has 2 aromatic heterocycles. The largest absolute Gasteiger partial charge is 0.354 e. The minimum Gasteiger partial charge on any atom is -0.354 e. The molecule has 1 N–H and O–H groups in total. The third kappa shape index (κ3) is 1.95. The van der Waals surface area contributed by atoms with Crippen LogP contribution in [0.2, 0.25) is 0 Å². The van der Waals surface area contributed by atoms with Crippen LogP contribution in [0.15, 0.2) is 42.7 Å². The second kappa shape index (κ2) is 4.52. The number of aryl methyl sites for hydroxylation is 1. The van der Waals surface area contributed by atoms with Crippen LogP contribution in [0, 0.1) is 0 Å². The highest BCUT2D eigenvalue weighted by atomic mass is 15.3. The van der Waals surface area contributed by atoms with Crippen molar-refractivity contribution in [3.63, 3.8) is 0 Å². The van der Waals surface area contributed by atoms with Crippen LogP contribution in [-0.4, -0.2) is 25.9 Å². The molecule has 0 fully saturated rings. The van der Waals surface area contributed by atoms with Crippen molar-refractivity contribution in [3.05, 3.63) is 42.7 Å². The summed E-state index contributed by atoms with van der Waals surface area (Å²) in [6, 6.07) is 10.0. The zero-order valence-corrected chi connectivity index (χ0v) is 10.2. The molecule has 0 amide bonds. The Bertz CT molecular complexity index is 639. The zero-order chi connectivity index (χ0) is 12.4. The molecule has 0 radical (unpaired) electrons. The van der Waals surface area contributed by atoms with E-state index in [0.29, 0.717) is 0 Å². The number of fused-ring (bicyclic) bond motifs is 1. The van der Waals surface area contributed by atoms with Crippen molar-refractivity contribution in [2.45, 2.75) is 6.54 Å². The highest BCUT2D eigenvalue weighted by Gasteiger charge is 2.05. The van der Waals surface area contributed by atoms with Crippen LogP contribution in [-0.2, 0) is 13.6 Å². The van der Waals surface area contributed by atoms with Crippen LogP contribution < -0.4 is 5.32 Å². The first kappa shape index (κ1) is 10.8. The Morgan fingerprint density at radius 1 is 1.22 bits per heavy atom. The zero-order valence-electron chi connectivity index (χ0n) is 10.2. The molecular formula is C13H15N5. The normalized spacial score (nSPS) is 10.9. The summed E-state index contributed by atoms with van der Waals surface area (Å²) in [5, 5.41) is 7.49. The van der Waals surface area contributed by atoms with Crippen molar-refractivity contribution in [1.29, 1.82) is 0 Å². The van der Waals surface area contributed by atoms with Crippen molar-refractivity contribution in [1.82, 2.24) is 19.3 Å².